The summed E-state index contributed by atoms with van der Waals surface area (Å²) in [6.07, 6.45) is 2.62. The SMILES string of the molecule is CCCc1nc2ccccc2n1CCc1nc(N)nc(N)n1. The monoisotopic (exact) mass is 297 g/mol. The van der Waals surface area contributed by atoms with Crippen LogP contribution in [0.25, 0.3) is 11.0 Å². The molecular formula is C15H19N7. The predicted octanol–water partition coefficient (Wildman–Crippen LogP) is 1.58. The summed E-state index contributed by atoms with van der Waals surface area (Å²) in [5.74, 6) is 2.00. The maximum atomic E-state index is 5.62. The molecule has 2 heterocycles. The number of fused-ring (bicyclic) bond motifs is 1. The van der Waals surface area contributed by atoms with E-state index in [2.05, 4.69) is 32.5 Å². The van der Waals surface area contributed by atoms with Crippen LogP contribution in [0.3, 0.4) is 0 Å². The lowest BCUT2D eigenvalue weighted by atomic mass is 10.3. The molecule has 4 N–H and O–H groups in total. The normalized spacial score (nSPS) is 11.1. The van der Waals surface area contributed by atoms with Gasteiger partial charge in [-0.1, -0.05) is 19.1 Å². The average Bonchev–Trinajstić information content (AvgIpc) is 2.82. The second-order valence-electron chi connectivity index (χ2n) is 5.14. The minimum absolute atomic E-state index is 0.159. The lowest BCUT2D eigenvalue weighted by Crippen LogP contribution is -2.11. The molecule has 3 aromatic rings. The highest BCUT2D eigenvalue weighted by Gasteiger charge is 2.10. The molecule has 0 radical (unpaired) electrons. The van der Waals surface area contributed by atoms with Crippen LogP contribution in [0, 0.1) is 0 Å². The molecule has 0 spiro atoms. The van der Waals surface area contributed by atoms with Crippen LogP contribution in [0.15, 0.2) is 24.3 Å². The summed E-state index contributed by atoms with van der Waals surface area (Å²) in [6, 6.07) is 8.14. The molecule has 7 heteroatoms. The predicted molar refractivity (Wildman–Crippen MR) is 86.1 cm³/mol. The number of anilines is 2. The van der Waals surface area contributed by atoms with E-state index < -0.39 is 0 Å². The van der Waals surface area contributed by atoms with Crippen molar-refractivity contribution in [2.45, 2.75) is 32.7 Å². The first-order chi connectivity index (χ1) is 10.7. The van der Waals surface area contributed by atoms with E-state index in [1.165, 1.54) is 0 Å². The Morgan fingerprint density at radius 2 is 1.68 bits per heavy atom. The number of para-hydroxylation sites is 2. The lowest BCUT2D eigenvalue weighted by molar-refractivity contribution is 0.641. The minimum Gasteiger partial charge on any atom is -0.368 e. The topological polar surface area (TPSA) is 109 Å². The van der Waals surface area contributed by atoms with Crippen LogP contribution in [0.2, 0.25) is 0 Å². The molecule has 0 aliphatic rings. The summed E-state index contributed by atoms with van der Waals surface area (Å²) < 4.78 is 2.22. The second kappa shape index (κ2) is 5.97. The first-order valence-corrected chi connectivity index (χ1v) is 7.37. The number of benzene rings is 1. The van der Waals surface area contributed by atoms with E-state index in [4.69, 9.17) is 16.5 Å². The molecule has 0 saturated carbocycles. The summed E-state index contributed by atoms with van der Waals surface area (Å²) in [5, 5.41) is 0. The zero-order valence-electron chi connectivity index (χ0n) is 12.5. The third kappa shape index (κ3) is 2.83. The highest BCUT2D eigenvalue weighted by Crippen LogP contribution is 2.17. The Balaban J connectivity index is 1.90. The van der Waals surface area contributed by atoms with Gasteiger partial charge in [0.25, 0.3) is 0 Å². The Hall–Kier alpha value is -2.70. The molecule has 0 amide bonds. The molecule has 3 rings (SSSR count). The first-order valence-electron chi connectivity index (χ1n) is 7.37. The van der Waals surface area contributed by atoms with Gasteiger partial charge in [0.05, 0.1) is 11.0 Å². The number of hydrogen-bond acceptors (Lipinski definition) is 6. The Morgan fingerprint density at radius 3 is 2.41 bits per heavy atom. The zero-order valence-corrected chi connectivity index (χ0v) is 12.5. The van der Waals surface area contributed by atoms with Crippen molar-refractivity contribution >= 4 is 22.9 Å². The summed E-state index contributed by atoms with van der Waals surface area (Å²) in [4.78, 5) is 16.8. The molecule has 0 aliphatic heterocycles. The van der Waals surface area contributed by atoms with E-state index >= 15 is 0 Å². The molecule has 0 fully saturated rings. The summed E-state index contributed by atoms with van der Waals surface area (Å²) in [7, 11) is 0. The smallest absolute Gasteiger partial charge is 0.225 e. The Kier molecular flexibility index (Phi) is 3.86. The fraction of sp³-hybridized carbons (Fsp3) is 0.333. The Labute approximate surface area is 128 Å². The van der Waals surface area contributed by atoms with Crippen molar-refractivity contribution in [3.63, 3.8) is 0 Å². The minimum atomic E-state index is 0.159. The number of imidazole rings is 1. The van der Waals surface area contributed by atoms with E-state index in [0.29, 0.717) is 12.2 Å². The largest absolute Gasteiger partial charge is 0.368 e. The van der Waals surface area contributed by atoms with Crippen LogP contribution in [0.5, 0.6) is 0 Å². The highest BCUT2D eigenvalue weighted by molar-refractivity contribution is 5.75. The third-order valence-electron chi connectivity index (χ3n) is 3.48. The van der Waals surface area contributed by atoms with Crippen molar-refractivity contribution < 1.29 is 0 Å². The number of nitrogens with two attached hydrogens (primary N) is 2. The molecule has 0 atom stereocenters. The zero-order chi connectivity index (χ0) is 15.5. The van der Waals surface area contributed by atoms with Crippen molar-refractivity contribution in [3.05, 3.63) is 35.9 Å². The van der Waals surface area contributed by atoms with Gasteiger partial charge in [0, 0.05) is 19.4 Å². The first kappa shape index (κ1) is 14.2. The molecule has 22 heavy (non-hydrogen) atoms. The Morgan fingerprint density at radius 1 is 0.955 bits per heavy atom. The van der Waals surface area contributed by atoms with E-state index in [1.807, 2.05) is 18.2 Å². The summed E-state index contributed by atoms with van der Waals surface area (Å²) in [5.41, 5.74) is 13.4. The number of aryl methyl sites for hydroxylation is 3. The van der Waals surface area contributed by atoms with Crippen molar-refractivity contribution in [3.8, 4) is 0 Å². The van der Waals surface area contributed by atoms with E-state index in [1.54, 1.807) is 0 Å². The van der Waals surface area contributed by atoms with Gasteiger partial charge < -0.3 is 16.0 Å². The van der Waals surface area contributed by atoms with E-state index in [0.717, 1.165) is 36.2 Å². The van der Waals surface area contributed by atoms with Crippen LogP contribution in [-0.2, 0) is 19.4 Å². The van der Waals surface area contributed by atoms with Crippen LogP contribution < -0.4 is 11.5 Å². The standard InChI is InChI=1S/C15H19N7/c1-2-5-13-18-10-6-3-4-7-11(10)22(13)9-8-12-19-14(16)21-15(17)20-12/h3-4,6-7H,2,5,8-9H2,1H3,(H4,16,17,19,20,21). The van der Waals surface area contributed by atoms with Gasteiger partial charge in [0.15, 0.2) is 0 Å². The van der Waals surface area contributed by atoms with Gasteiger partial charge in [-0.3, -0.25) is 0 Å². The van der Waals surface area contributed by atoms with Crippen LogP contribution >= 0.6 is 0 Å². The quantitative estimate of drug-likeness (QED) is 0.740. The van der Waals surface area contributed by atoms with Crippen molar-refractivity contribution in [1.82, 2.24) is 24.5 Å². The number of hydrogen-bond donors (Lipinski definition) is 2. The van der Waals surface area contributed by atoms with Gasteiger partial charge >= 0.3 is 0 Å². The van der Waals surface area contributed by atoms with Gasteiger partial charge in [-0.2, -0.15) is 15.0 Å². The maximum Gasteiger partial charge on any atom is 0.225 e. The second-order valence-corrected chi connectivity index (χ2v) is 5.14. The van der Waals surface area contributed by atoms with Crippen LogP contribution in [0.1, 0.15) is 25.0 Å². The van der Waals surface area contributed by atoms with Crippen LogP contribution in [-0.4, -0.2) is 24.5 Å². The fourth-order valence-electron chi connectivity index (χ4n) is 2.57. The molecule has 1 aromatic carbocycles. The molecule has 0 saturated heterocycles. The van der Waals surface area contributed by atoms with Crippen LogP contribution in [0.4, 0.5) is 11.9 Å². The highest BCUT2D eigenvalue weighted by atomic mass is 15.1. The molecule has 114 valence electrons. The van der Waals surface area contributed by atoms with Crippen molar-refractivity contribution in [1.29, 1.82) is 0 Å². The molecule has 7 nitrogen and oxygen atoms in total. The van der Waals surface area contributed by atoms with Crippen molar-refractivity contribution in [2.75, 3.05) is 11.5 Å². The van der Waals surface area contributed by atoms with E-state index in [-0.39, 0.29) is 11.9 Å². The van der Waals surface area contributed by atoms with Gasteiger partial charge in [-0.25, -0.2) is 4.98 Å². The number of aromatic nitrogens is 5. The Bertz CT molecular complexity index is 773. The van der Waals surface area contributed by atoms with Gasteiger partial charge in [-0.05, 0) is 18.6 Å². The number of nitrogens with zero attached hydrogens (tertiary/aromatic N) is 5. The van der Waals surface area contributed by atoms with E-state index in [9.17, 15) is 0 Å². The van der Waals surface area contributed by atoms with Gasteiger partial charge in [-0.15, -0.1) is 0 Å². The molecular weight excluding hydrogens is 278 g/mol. The van der Waals surface area contributed by atoms with Crippen molar-refractivity contribution in [2.24, 2.45) is 0 Å². The average molecular weight is 297 g/mol. The van der Waals surface area contributed by atoms with Gasteiger partial charge in [0.2, 0.25) is 11.9 Å². The lowest BCUT2D eigenvalue weighted by Gasteiger charge is -2.08. The molecule has 2 aromatic heterocycles. The molecule has 0 unspecified atom stereocenters. The fourth-order valence-corrected chi connectivity index (χ4v) is 2.57. The molecule has 0 bridgehead atoms. The maximum absolute atomic E-state index is 5.62. The number of nitrogen functional groups attached to an aromatic ring is 2. The summed E-state index contributed by atoms with van der Waals surface area (Å²) >= 11 is 0. The van der Waals surface area contributed by atoms with Gasteiger partial charge in [0.1, 0.15) is 11.6 Å². The summed E-state index contributed by atoms with van der Waals surface area (Å²) in [6.45, 7) is 2.88. The molecule has 0 aliphatic carbocycles. The number of rotatable bonds is 5. The third-order valence-corrected chi connectivity index (χ3v) is 3.48.